The maximum Gasteiger partial charge on any atom is 0.0477 e. The van der Waals surface area contributed by atoms with Crippen molar-refractivity contribution in [3.05, 3.63) is 70.4 Å². The highest BCUT2D eigenvalue weighted by atomic mass is 14.9. The molecule has 1 heterocycles. The molecular weight excluding hydrogens is 268 g/mol. The zero-order valence-corrected chi connectivity index (χ0v) is 13.4. The van der Waals surface area contributed by atoms with E-state index in [0.717, 1.165) is 29.1 Å². The van der Waals surface area contributed by atoms with Crippen molar-refractivity contribution in [1.29, 1.82) is 5.41 Å². The second kappa shape index (κ2) is 7.60. The Kier molecular flexibility index (Phi) is 5.54. The summed E-state index contributed by atoms with van der Waals surface area (Å²) < 4.78 is 2.21. The van der Waals surface area contributed by atoms with E-state index in [1.807, 2.05) is 12.1 Å². The number of aromatic nitrogens is 1. The van der Waals surface area contributed by atoms with Crippen LogP contribution in [0.2, 0.25) is 0 Å². The van der Waals surface area contributed by atoms with Gasteiger partial charge in [0.25, 0.3) is 0 Å². The number of rotatable bonds is 6. The van der Waals surface area contributed by atoms with Gasteiger partial charge in [0.15, 0.2) is 0 Å². The fourth-order valence-electron chi connectivity index (χ4n) is 2.26. The predicted molar refractivity (Wildman–Crippen MR) is 95.7 cm³/mol. The monoisotopic (exact) mass is 292 g/mol. The molecule has 1 aromatic carbocycles. The molecule has 0 spiro atoms. The van der Waals surface area contributed by atoms with E-state index >= 15 is 0 Å². The maximum atomic E-state index is 7.25. The second-order valence-corrected chi connectivity index (χ2v) is 5.68. The van der Waals surface area contributed by atoms with Crippen molar-refractivity contribution < 1.29 is 0 Å². The lowest BCUT2D eigenvalue weighted by Gasteiger charge is -2.05. The lowest BCUT2D eigenvalue weighted by Crippen LogP contribution is -2.27. The molecule has 1 N–H and O–H groups in total. The zero-order valence-electron chi connectivity index (χ0n) is 13.4. The number of allylic oxidation sites excluding steroid dienone is 2. The molecule has 0 radical (unpaired) electrons. The van der Waals surface area contributed by atoms with Crippen LogP contribution in [-0.2, 0) is 6.54 Å². The van der Waals surface area contributed by atoms with Crippen LogP contribution in [0.4, 0.5) is 0 Å². The van der Waals surface area contributed by atoms with Crippen LogP contribution in [0, 0.1) is 11.3 Å². The first kappa shape index (κ1) is 16.0. The fraction of sp³-hybridized carbons (Fsp3) is 0.250. The van der Waals surface area contributed by atoms with Crippen LogP contribution >= 0.6 is 0 Å². The van der Waals surface area contributed by atoms with E-state index in [1.165, 1.54) is 11.8 Å². The van der Waals surface area contributed by atoms with Gasteiger partial charge in [-0.3, -0.25) is 0 Å². The van der Waals surface area contributed by atoms with Crippen LogP contribution in [0.1, 0.15) is 31.4 Å². The van der Waals surface area contributed by atoms with Crippen LogP contribution < -0.4 is 10.6 Å². The highest BCUT2D eigenvalue weighted by Gasteiger charge is 1.98. The Hall–Kier alpha value is -2.35. The van der Waals surface area contributed by atoms with Gasteiger partial charge in [-0.25, -0.2) is 0 Å². The SMILES string of the molecule is C=c1ccn(Cc2ccc(C=N)cc2)/c1=C/C=C\C(C)CC. The van der Waals surface area contributed by atoms with Crippen LogP contribution in [0.3, 0.4) is 0 Å². The number of hydrogen-bond donors (Lipinski definition) is 1. The first-order valence-electron chi connectivity index (χ1n) is 7.76. The summed E-state index contributed by atoms with van der Waals surface area (Å²) >= 11 is 0. The summed E-state index contributed by atoms with van der Waals surface area (Å²) in [5, 5.41) is 9.44. The molecule has 2 heteroatoms. The van der Waals surface area contributed by atoms with E-state index in [-0.39, 0.29) is 0 Å². The minimum Gasteiger partial charge on any atom is -0.343 e. The molecule has 0 saturated heterocycles. The van der Waals surface area contributed by atoms with Crippen LogP contribution in [0.25, 0.3) is 12.7 Å². The highest BCUT2D eigenvalue weighted by Crippen LogP contribution is 2.04. The van der Waals surface area contributed by atoms with Gasteiger partial charge in [0.2, 0.25) is 0 Å². The van der Waals surface area contributed by atoms with Crippen molar-refractivity contribution in [3.8, 4) is 0 Å². The summed E-state index contributed by atoms with van der Waals surface area (Å²) in [6.07, 6.45) is 11.1. The van der Waals surface area contributed by atoms with E-state index in [0.29, 0.717) is 5.92 Å². The third-order valence-electron chi connectivity index (χ3n) is 3.93. The van der Waals surface area contributed by atoms with Gasteiger partial charge >= 0.3 is 0 Å². The van der Waals surface area contributed by atoms with Gasteiger partial charge in [-0.15, -0.1) is 0 Å². The third kappa shape index (κ3) is 4.08. The minimum atomic E-state index is 0.599. The molecule has 1 atom stereocenters. The summed E-state index contributed by atoms with van der Waals surface area (Å²) in [6, 6.07) is 10.1. The topological polar surface area (TPSA) is 28.8 Å². The van der Waals surface area contributed by atoms with Gasteiger partial charge in [0.05, 0.1) is 0 Å². The fourth-order valence-corrected chi connectivity index (χ4v) is 2.26. The second-order valence-electron chi connectivity index (χ2n) is 5.68. The Balaban J connectivity index is 2.25. The smallest absolute Gasteiger partial charge is 0.0477 e. The number of hydrogen-bond acceptors (Lipinski definition) is 1. The molecule has 114 valence electrons. The summed E-state index contributed by atoms with van der Waals surface area (Å²) in [5.41, 5.74) is 2.15. The first-order valence-corrected chi connectivity index (χ1v) is 7.76. The molecule has 0 amide bonds. The Morgan fingerprint density at radius 1 is 1.23 bits per heavy atom. The van der Waals surface area contributed by atoms with Gasteiger partial charge in [-0.1, -0.05) is 63.3 Å². The molecule has 2 rings (SSSR count). The molecule has 1 unspecified atom stereocenters. The van der Waals surface area contributed by atoms with Crippen molar-refractivity contribution in [2.24, 2.45) is 5.92 Å². The quantitative estimate of drug-likeness (QED) is 0.791. The minimum absolute atomic E-state index is 0.599. The van der Waals surface area contributed by atoms with Gasteiger partial charge in [0, 0.05) is 24.3 Å². The standard InChI is InChI=1S/C20H24N2/c1-4-16(2)6-5-7-20-17(3)12-13-22(20)15-19-10-8-18(14-21)9-11-19/h5-14,16,21H,3-4,15H2,1-2H3/b6-5-,20-7+,21-14?. The summed E-state index contributed by atoms with van der Waals surface area (Å²) in [5.74, 6) is 0.599. The van der Waals surface area contributed by atoms with E-state index in [2.05, 4.69) is 67.6 Å². The van der Waals surface area contributed by atoms with Crippen LogP contribution in [-0.4, -0.2) is 10.8 Å². The Bertz CT molecular complexity index is 748. The summed E-state index contributed by atoms with van der Waals surface area (Å²) in [4.78, 5) is 0. The molecule has 0 saturated carbocycles. The van der Waals surface area contributed by atoms with Crippen molar-refractivity contribution in [2.75, 3.05) is 0 Å². The van der Waals surface area contributed by atoms with Gasteiger partial charge in [0.1, 0.15) is 0 Å². The van der Waals surface area contributed by atoms with E-state index in [1.54, 1.807) is 0 Å². The molecule has 0 aliphatic heterocycles. The van der Waals surface area contributed by atoms with E-state index < -0.39 is 0 Å². The summed E-state index contributed by atoms with van der Waals surface area (Å²) in [6.45, 7) is 9.35. The first-order chi connectivity index (χ1) is 10.6. The number of benzene rings is 1. The molecule has 1 aromatic heterocycles. The predicted octanol–water partition coefficient (Wildman–Crippen LogP) is 3.33. The number of nitrogens with zero attached hydrogens (tertiary/aromatic N) is 1. The Morgan fingerprint density at radius 2 is 1.95 bits per heavy atom. The lowest BCUT2D eigenvalue weighted by atomic mass is 10.1. The molecule has 0 aliphatic rings. The van der Waals surface area contributed by atoms with Crippen LogP contribution in [0.5, 0.6) is 0 Å². The molecule has 2 aromatic rings. The van der Waals surface area contributed by atoms with Crippen molar-refractivity contribution in [3.63, 3.8) is 0 Å². The van der Waals surface area contributed by atoms with Crippen molar-refractivity contribution in [1.82, 2.24) is 4.57 Å². The molecule has 2 nitrogen and oxygen atoms in total. The largest absolute Gasteiger partial charge is 0.343 e. The number of nitrogens with one attached hydrogen (secondary N) is 1. The summed E-state index contributed by atoms with van der Waals surface area (Å²) in [7, 11) is 0. The van der Waals surface area contributed by atoms with Crippen LogP contribution in [0.15, 0.2) is 48.7 Å². The van der Waals surface area contributed by atoms with E-state index in [4.69, 9.17) is 5.41 Å². The van der Waals surface area contributed by atoms with Gasteiger partial charge in [-0.2, -0.15) is 0 Å². The Morgan fingerprint density at radius 3 is 2.59 bits per heavy atom. The highest BCUT2D eigenvalue weighted by molar-refractivity contribution is 5.76. The Labute approximate surface area is 132 Å². The van der Waals surface area contributed by atoms with E-state index in [9.17, 15) is 0 Å². The van der Waals surface area contributed by atoms with Gasteiger partial charge < -0.3 is 9.98 Å². The molecule has 0 fully saturated rings. The average molecular weight is 292 g/mol. The molecule has 22 heavy (non-hydrogen) atoms. The van der Waals surface area contributed by atoms with Crippen molar-refractivity contribution in [2.45, 2.75) is 26.8 Å². The lowest BCUT2D eigenvalue weighted by molar-refractivity contribution is 0.698. The van der Waals surface area contributed by atoms with Crippen molar-refractivity contribution >= 4 is 18.9 Å². The molecule has 0 bridgehead atoms. The zero-order chi connectivity index (χ0) is 15.9. The van der Waals surface area contributed by atoms with Gasteiger partial charge in [-0.05, 0) is 34.4 Å². The molecule has 0 aliphatic carbocycles. The molecular formula is C20H24N2. The normalized spacial score (nSPS) is 13.6. The third-order valence-corrected chi connectivity index (χ3v) is 3.93. The average Bonchev–Trinajstić information content (AvgIpc) is 2.88. The maximum absolute atomic E-state index is 7.25.